The van der Waals surface area contributed by atoms with E-state index in [1.54, 1.807) is 32.1 Å². The molecule has 0 saturated heterocycles. The topological polar surface area (TPSA) is 63.6 Å². The van der Waals surface area contributed by atoms with Crippen LogP contribution in [0, 0.1) is 0 Å². The van der Waals surface area contributed by atoms with Crippen molar-refractivity contribution < 1.29 is 19.4 Å². The third-order valence-electron chi connectivity index (χ3n) is 3.38. The monoisotopic (exact) mass is 262 g/mol. The number of amides is 1. The van der Waals surface area contributed by atoms with Gasteiger partial charge in [-0.3, -0.25) is 0 Å². The van der Waals surface area contributed by atoms with E-state index in [0.29, 0.717) is 5.69 Å². The maximum Gasteiger partial charge on any atom is 0.524 e. The van der Waals surface area contributed by atoms with E-state index in [4.69, 9.17) is 4.74 Å². The zero-order valence-corrected chi connectivity index (χ0v) is 10.9. The van der Waals surface area contributed by atoms with Crippen LogP contribution in [0.2, 0.25) is 0 Å². The molecule has 1 aliphatic heterocycles. The largest absolute Gasteiger partial charge is 0.524 e. The lowest BCUT2D eigenvalue weighted by Crippen LogP contribution is -2.57. The average Bonchev–Trinajstić information content (AvgIpc) is 2.78. The maximum atomic E-state index is 11.9. The van der Waals surface area contributed by atoms with Crippen molar-refractivity contribution in [3.63, 3.8) is 0 Å². The predicted octanol–water partition coefficient (Wildman–Crippen LogP) is 2.61. The van der Waals surface area contributed by atoms with E-state index in [-0.39, 0.29) is 6.61 Å². The SMILES string of the molecule is CCOC(=O)C(C)[N+]1(C(=O)O)C=Cc2ccccc21. The van der Waals surface area contributed by atoms with Crippen LogP contribution in [0.15, 0.2) is 30.5 Å². The molecule has 1 aromatic rings. The molecule has 1 heterocycles. The fourth-order valence-corrected chi connectivity index (χ4v) is 2.34. The second-order valence-corrected chi connectivity index (χ2v) is 4.36. The van der Waals surface area contributed by atoms with Gasteiger partial charge in [-0.05, 0) is 13.0 Å². The highest BCUT2D eigenvalue weighted by molar-refractivity contribution is 5.96. The van der Waals surface area contributed by atoms with Crippen LogP contribution in [-0.2, 0) is 9.53 Å². The molecule has 1 N–H and O–H groups in total. The molecule has 0 saturated carbocycles. The van der Waals surface area contributed by atoms with Gasteiger partial charge < -0.3 is 9.84 Å². The van der Waals surface area contributed by atoms with Crippen molar-refractivity contribution in [1.29, 1.82) is 0 Å². The van der Waals surface area contributed by atoms with Gasteiger partial charge in [-0.25, -0.2) is 4.79 Å². The molecule has 2 rings (SSSR count). The average molecular weight is 262 g/mol. The van der Waals surface area contributed by atoms with Crippen LogP contribution in [0.4, 0.5) is 10.5 Å². The summed E-state index contributed by atoms with van der Waals surface area (Å²) >= 11 is 0. The van der Waals surface area contributed by atoms with Crippen LogP contribution in [0.25, 0.3) is 6.08 Å². The molecule has 2 unspecified atom stereocenters. The Morgan fingerprint density at radius 1 is 1.37 bits per heavy atom. The number of quaternary nitrogens is 1. The summed E-state index contributed by atoms with van der Waals surface area (Å²) in [6, 6.07) is 6.31. The summed E-state index contributed by atoms with van der Waals surface area (Å²) in [6.45, 7) is 3.50. The number of hydrogen-bond donors (Lipinski definition) is 1. The molecule has 0 aromatic heterocycles. The Morgan fingerprint density at radius 2 is 2.05 bits per heavy atom. The molecule has 1 amide bonds. The number of fused-ring (bicyclic) bond motifs is 1. The number of para-hydroxylation sites is 1. The lowest BCUT2D eigenvalue weighted by atomic mass is 10.1. The number of ether oxygens (including phenoxy) is 1. The second kappa shape index (κ2) is 4.85. The van der Waals surface area contributed by atoms with Crippen molar-refractivity contribution in [2.24, 2.45) is 0 Å². The van der Waals surface area contributed by atoms with Crippen molar-refractivity contribution in [3.8, 4) is 0 Å². The number of carboxylic acid groups (broad SMARTS) is 1. The quantitative estimate of drug-likeness (QED) is 0.671. The fraction of sp³-hybridized carbons (Fsp3) is 0.286. The highest BCUT2D eigenvalue weighted by Crippen LogP contribution is 2.38. The zero-order chi connectivity index (χ0) is 14.0. The Morgan fingerprint density at radius 3 is 2.68 bits per heavy atom. The van der Waals surface area contributed by atoms with Crippen molar-refractivity contribution in [3.05, 3.63) is 36.0 Å². The Labute approximate surface area is 111 Å². The first-order valence-corrected chi connectivity index (χ1v) is 6.11. The van der Waals surface area contributed by atoms with Crippen molar-refractivity contribution in [2.45, 2.75) is 19.9 Å². The first kappa shape index (κ1) is 13.3. The van der Waals surface area contributed by atoms with Gasteiger partial charge in [0.25, 0.3) is 0 Å². The van der Waals surface area contributed by atoms with Crippen LogP contribution in [0.5, 0.6) is 0 Å². The van der Waals surface area contributed by atoms with Gasteiger partial charge in [0, 0.05) is 24.6 Å². The normalized spacial score (nSPS) is 21.8. The summed E-state index contributed by atoms with van der Waals surface area (Å²) in [7, 11) is 0. The summed E-state index contributed by atoms with van der Waals surface area (Å²) in [5.41, 5.74) is 1.39. The van der Waals surface area contributed by atoms with E-state index < -0.39 is 22.6 Å². The van der Waals surface area contributed by atoms with Gasteiger partial charge in [-0.2, -0.15) is 9.28 Å². The van der Waals surface area contributed by atoms with E-state index in [2.05, 4.69) is 0 Å². The molecule has 19 heavy (non-hydrogen) atoms. The van der Waals surface area contributed by atoms with E-state index in [1.165, 1.54) is 6.20 Å². The van der Waals surface area contributed by atoms with E-state index in [1.807, 2.05) is 12.1 Å². The van der Waals surface area contributed by atoms with Crippen molar-refractivity contribution in [1.82, 2.24) is 4.48 Å². The van der Waals surface area contributed by atoms with Gasteiger partial charge in [-0.1, -0.05) is 12.1 Å². The van der Waals surface area contributed by atoms with Gasteiger partial charge in [0.15, 0.2) is 5.69 Å². The number of hydrogen-bond acceptors (Lipinski definition) is 3. The second-order valence-electron chi connectivity index (χ2n) is 4.36. The zero-order valence-electron chi connectivity index (χ0n) is 10.9. The Hall–Kier alpha value is -2.14. The molecule has 0 bridgehead atoms. The summed E-state index contributed by atoms with van der Waals surface area (Å²) in [4.78, 5) is 23.7. The fourth-order valence-electron chi connectivity index (χ4n) is 2.34. The molecule has 0 spiro atoms. The molecule has 2 atom stereocenters. The van der Waals surface area contributed by atoms with Gasteiger partial charge in [0.2, 0.25) is 6.04 Å². The Bertz CT molecular complexity index is 552. The summed E-state index contributed by atoms with van der Waals surface area (Å²) in [5.74, 6) is -0.522. The van der Waals surface area contributed by atoms with E-state index >= 15 is 0 Å². The molecular weight excluding hydrogens is 246 g/mol. The van der Waals surface area contributed by atoms with E-state index in [0.717, 1.165) is 5.56 Å². The van der Waals surface area contributed by atoms with Crippen LogP contribution in [0.3, 0.4) is 0 Å². The minimum atomic E-state index is -1.10. The number of carbonyl (C=O) groups excluding carboxylic acids is 1. The van der Waals surface area contributed by atoms with Crippen molar-refractivity contribution in [2.75, 3.05) is 6.61 Å². The number of esters is 1. The highest BCUT2D eigenvalue weighted by Gasteiger charge is 2.51. The molecule has 0 radical (unpaired) electrons. The van der Waals surface area contributed by atoms with Crippen molar-refractivity contribution >= 4 is 23.8 Å². The smallest absolute Gasteiger partial charge is 0.462 e. The lowest BCUT2D eigenvalue weighted by Gasteiger charge is -2.30. The maximum absolute atomic E-state index is 11.9. The molecule has 0 aliphatic carbocycles. The van der Waals surface area contributed by atoms with Crippen LogP contribution < -0.4 is 4.48 Å². The molecule has 0 fully saturated rings. The molecule has 5 heteroatoms. The van der Waals surface area contributed by atoms with Gasteiger partial charge in [0.1, 0.15) is 6.20 Å². The van der Waals surface area contributed by atoms with Crippen LogP contribution >= 0.6 is 0 Å². The standard InChI is InChI=1S/C14H15NO4/c1-3-19-13(16)10(2)15(14(17)18)9-8-11-6-4-5-7-12(11)15/h4-10H,3H2,1-2H3/p+1. The summed E-state index contributed by atoms with van der Waals surface area (Å²) in [6.07, 6.45) is 2.15. The third-order valence-corrected chi connectivity index (χ3v) is 3.38. The van der Waals surface area contributed by atoms with Gasteiger partial charge in [0.05, 0.1) is 6.61 Å². The molecular formula is C14H16NO4+. The summed E-state index contributed by atoms with van der Waals surface area (Å²) < 4.78 is 4.41. The minimum absolute atomic E-state index is 0.230. The first-order chi connectivity index (χ1) is 9.04. The number of nitrogens with zero attached hydrogens (tertiary/aromatic N) is 1. The van der Waals surface area contributed by atoms with Gasteiger partial charge >= 0.3 is 12.1 Å². The molecule has 100 valence electrons. The lowest BCUT2D eigenvalue weighted by molar-refractivity contribution is -0.147. The number of rotatable bonds is 3. The minimum Gasteiger partial charge on any atom is -0.462 e. The predicted molar refractivity (Wildman–Crippen MR) is 71.4 cm³/mol. The van der Waals surface area contributed by atoms with Gasteiger partial charge in [-0.15, -0.1) is 0 Å². The van der Waals surface area contributed by atoms with Crippen LogP contribution in [0.1, 0.15) is 19.4 Å². The first-order valence-electron chi connectivity index (χ1n) is 6.11. The number of carbonyl (C=O) groups is 2. The molecule has 1 aromatic carbocycles. The molecule has 5 nitrogen and oxygen atoms in total. The highest BCUT2D eigenvalue weighted by atomic mass is 16.5. The molecule has 1 aliphatic rings. The van der Waals surface area contributed by atoms with Crippen LogP contribution in [-0.4, -0.2) is 29.8 Å². The summed E-state index contributed by atoms with van der Waals surface area (Å²) in [5, 5.41) is 9.61. The third kappa shape index (κ3) is 1.92. The van der Waals surface area contributed by atoms with E-state index in [9.17, 15) is 14.7 Å². The number of benzene rings is 1. The Balaban J connectivity index is 2.50. The Kier molecular flexibility index (Phi) is 3.40.